The molecular formula is C12H14F6O4. The largest absolute Gasteiger partial charge is 0.456 e. The van der Waals surface area contributed by atoms with Crippen LogP contribution in [-0.4, -0.2) is 45.9 Å². The number of hydrogen-bond acceptors (Lipinski definition) is 4. The molecule has 0 heterocycles. The predicted octanol–water partition coefficient (Wildman–Crippen LogP) is 1.55. The van der Waals surface area contributed by atoms with Gasteiger partial charge < -0.3 is 20.1 Å². The number of hydrogen-bond donors (Lipinski definition) is 3. The standard InChI is InChI=1S/C7H9F3O2.C5H5F3O2/c1-3-5-6(11,12-4-2)7(8,9)10;1-2-3-4(9,10)5(6,7)8/h11H,4H2,1-2H3;9-10H,1H3. The molecule has 0 aromatic rings. The fourth-order valence-corrected chi connectivity index (χ4v) is 0.812. The highest BCUT2D eigenvalue weighted by Gasteiger charge is 2.54. The number of rotatable bonds is 2. The van der Waals surface area contributed by atoms with Gasteiger partial charge in [-0.2, -0.15) is 26.3 Å². The summed E-state index contributed by atoms with van der Waals surface area (Å²) in [5.74, 6) is -0.741. The molecule has 0 fully saturated rings. The third-order valence-electron chi connectivity index (χ3n) is 1.73. The van der Waals surface area contributed by atoms with E-state index in [0.29, 0.717) is 0 Å². The van der Waals surface area contributed by atoms with Crippen molar-refractivity contribution >= 4 is 0 Å². The lowest BCUT2D eigenvalue weighted by Crippen LogP contribution is -2.46. The van der Waals surface area contributed by atoms with Crippen molar-refractivity contribution in [3.05, 3.63) is 0 Å². The Morgan fingerprint density at radius 3 is 1.41 bits per heavy atom. The van der Waals surface area contributed by atoms with Crippen LogP contribution >= 0.6 is 0 Å². The zero-order valence-corrected chi connectivity index (χ0v) is 11.7. The van der Waals surface area contributed by atoms with Crippen LogP contribution < -0.4 is 0 Å². The van der Waals surface area contributed by atoms with E-state index in [4.69, 9.17) is 15.3 Å². The van der Waals surface area contributed by atoms with Crippen LogP contribution in [0.5, 0.6) is 0 Å². The lowest BCUT2D eigenvalue weighted by molar-refractivity contribution is -0.334. The van der Waals surface area contributed by atoms with Gasteiger partial charge in [-0.15, -0.1) is 11.8 Å². The minimum atomic E-state index is -5.12. The summed E-state index contributed by atoms with van der Waals surface area (Å²) in [6.07, 6.45) is -10.00. The van der Waals surface area contributed by atoms with Gasteiger partial charge in [0.2, 0.25) is 0 Å². The molecular weight excluding hydrogens is 322 g/mol. The molecule has 10 heteroatoms. The van der Waals surface area contributed by atoms with Crippen molar-refractivity contribution in [2.24, 2.45) is 0 Å². The van der Waals surface area contributed by atoms with Gasteiger partial charge in [0.15, 0.2) is 0 Å². The molecule has 0 saturated carbocycles. The maximum Gasteiger partial charge on any atom is 0.456 e. The zero-order valence-electron chi connectivity index (χ0n) is 11.7. The van der Waals surface area contributed by atoms with Crippen molar-refractivity contribution in [2.75, 3.05) is 6.61 Å². The molecule has 0 radical (unpaired) electrons. The van der Waals surface area contributed by atoms with E-state index in [0.717, 1.165) is 6.92 Å². The Labute approximate surface area is 122 Å². The van der Waals surface area contributed by atoms with Gasteiger partial charge in [0.05, 0.1) is 0 Å². The fourth-order valence-electron chi connectivity index (χ4n) is 0.812. The first-order chi connectivity index (χ1) is 9.68. The molecule has 0 aliphatic rings. The van der Waals surface area contributed by atoms with Crippen LogP contribution in [0.1, 0.15) is 20.8 Å². The second-order valence-electron chi connectivity index (χ2n) is 3.49. The van der Waals surface area contributed by atoms with E-state index in [9.17, 15) is 26.3 Å². The molecule has 22 heavy (non-hydrogen) atoms. The third-order valence-corrected chi connectivity index (χ3v) is 1.73. The molecule has 0 spiro atoms. The van der Waals surface area contributed by atoms with Crippen LogP contribution in [0.25, 0.3) is 0 Å². The minimum Gasteiger partial charge on any atom is -0.349 e. The molecule has 0 aliphatic heterocycles. The van der Waals surface area contributed by atoms with Crippen molar-refractivity contribution < 1.29 is 46.4 Å². The molecule has 0 bridgehead atoms. The molecule has 0 saturated heterocycles. The molecule has 0 aliphatic carbocycles. The van der Waals surface area contributed by atoms with Crippen molar-refractivity contribution in [2.45, 2.75) is 44.7 Å². The van der Waals surface area contributed by atoms with Crippen molar-refractivity contribution in [3.8, 4) is 23.7 Å². The smallest absolute Gasteiger partial charge is 0.349 e. The van der Waals surface area contributed by atoms with Crippen LogP contribution in [0, 0.1) is 23.7 Å². The summed E-state index contributed by atoms with van der Waals surface area (Å²) in [4.78, 5) is 0. The van der Waals surface area contributed by atoms with E-state index < -0.39 is 23.9 Å². The first kappa shape index (κ1) is 22.8. The van der Waals surface area contributed by atoms with Crippen molar-refractivity contribution in [1.29, 1.82) is 0 Å². The third kappa shape index (κ3) is 7.00. The second kappa shape index (κ2) is 8.25. The van der Waals surface area contributed by atoms with Gasteiger partial charge in [0.1, 0.15) is 0 Å². The molecule has 1 unspecified atom stereocenters. The molecule has 0 amide bonds. The molecule has 0 aromatic heterocycles. The van der Waals surface area contributed by atoms with Crippen LogP contribution in [0.2, 0.25) is 0 Å². The first-order valence-electron chi connectivity index (χ1n) is 5.50. The molecule has 1 atom stereocenters. The fraction of sp³-hybridized carbons (Fsp3) is 0.667. The van der Waals surface area contributed by atoms with Gasteiger partial charge in [-0.3, -0.25) is 0 Å². The number of halogens is 6. The maximum absolute atomic E-state index is 12.0. The average Bonchev–Trinajstić information content (AvgIpc) is 2.27. The topological polar surface area (TPSA) is 69.9 Å². The van der Waals surface area contributed by atoms with Gasteiger partial charge >= 0.3 is 23.9 Å². The van der Waals surface area contributed by atoms with Gasteiger partial charge in [0.25, 0.3) is 0 Å². The SMILES string of the molecule is CC#CC(O)(O)C(F)(F)F.CC#CC(O)(OCC)C(F)(F)F. The highest BCUT2D eigenvalue weighted by molar-refractivity contribution is 5.11. The predicted molar refractivity (Wildman–Crippen MR) is 62.8 cm³/mol. The van der Waals surface area contributed by atoms with Gasteiger partial charge in [-0.25, -0.2) is 0 Å². The monoisotopic (exact) mass is 336 g/mol. The van der Waals surface area contributed by atoms with E-state index >= 15 is 0 Å². The number of aliphatic hydroxyl groups is 3. The van der Waals surface area contributed by atoms with Crippen molar-refractivity contribution in [3.63, 3.8) is 0 Å². The summed E-state index contributed by atoms with van der Waals surface area (Å²) in [5.41, 5.74) is 0. The average molecular weight is 336 g/mol. The highest BCUT2D eigenvalue weighted by Crippen LogP contribution is 2.30. The maximum atomic E-state index is 12.0. The summed E-state index contributed by atoms with van der Waals surface area (Å²) in [7, 11) is 0. The van der Waals surface area contributed by atoms with Gasteiger partial charge in [-0.1, -0.05) is 0 Å². The van der Waals surface area contributed by atoms with E-state index in [1.54, 1.807) is 11.8 Å². The Morgan fingerprint density at radius 2 is 1.23 bits per heavy atom. The molecule has 4 nitrogen and oxygen atoms in total. The van der Waals surface area contributed by atoms with E-state index in [-0.39, 0.29) is 6.61 Å². The normalized spacial score (nSPS) is 14.4. The Kier molecular flexibility index (Phi) is 8.55. The number of alkyl halides is 6. The van der Waals surface area contributed by atoms with Gasteiger partial charge in [0, 0.05) is 6.61 Å². The molecule has 0 aromatic carbocycles. The lowest BCUT2D eigenvalue weighted by Gasteiger charge is -2.24. The van der Waals surface area contributed by atoms with E-state index in [2.05, 4.69) is 4.74 Å². The summed E-state index contributed by atoms with van der Waals surface area (Å²) in [6.45, 7) is 3.35. The molecule has 0 rings (SSSR count). The van der Waals surface area contributed by atoms with Crippen molar-refractivity contribution in [1.82, 2.24) is 0 Å². The van der Waals surface area contributed by atoms with E-state index in [1.807, 2.05) is 5.92 Å². The summed E-state index contributed by atoms with van der Waals surface area (Å²) in [6, 6.07) is 0. The Morgan fingerprint density at radius 1 is 0.818 bits per heavy atom. The zero-order chi connectivity index (χ0) is 18.2. The van der Waals surface area contributed by atoms with E-state index in [1.165, 1.54) is 19.8 Å². The minimum absolute atomic E-state index is 0.259. The second-order valence-corrected chi connectivity index (χ2v) is 3.49. The number of ether oxygens (including phenoxy) is 1. The molecule has 3 N–H and O–H groups in total. The lowest BCUT2D eigenvalue weighted by atomic mass is 10.3. The molecule has 128 valence electrons. The van der Waals surface area contributed by atoms with Crippen LogP contribution in [-0.2, 0) is 4.74 Å². The van der Waals surface area contributed by atoms with Crippen LogP contribution in [0.3, 0.4) is 0 Å². The van der Waals surface area contributed by atoms with Crippen LogP contribution in [0.15, 0.2) is 0 Å². The quantitative estimate of drug-likeness (QED) is 0.407. The van der Waals surface area contributed by atoms with Gasteiger partial charge in [-0.05, 0) is 32.6 Å². The highest BCUT2D eigenvalue weighted by atomic mass is 19.4. The Balaban J connectivity index is 0. The summed E-state index contributed by atoms with van der Waals surface area (Å²) >= 11 is 0. The summed E-state index contributed by atoms with van der Waals surface area (Å²) in [5, 5.41) is 25.0. The summed E-state index contributed by atoms with van der Waals surface area (Å²) < 4.78 is 74.3. The van der Waals surface area contributed by atoms with Crippen LogP contribution in [0.4, 0.5) is 26.3 Å². The Hall–Kier alpha value is -1.46. The Bertz CT molecular complexity index is 460. The first-order valence-corrected chi connectivity index (χ1v) is 5.50.